The van der Waals surface area contributed by atoms with Crippen LogP contribution in [0.5, 0.6) is 0 Å². The summed E-state index contributed by atoms with van der Waals surface area (Å²) in [5, 5.41) is 0. The zero-order valence-corrected chi connectivity index (χ0v) is 11.0. The fourth-order valence-electron chi connectivity index (χ4n) is 2.06. The van der Waals surface area contributed by atoms with Crippen molar-refractivity contribution in [1.29, 1.82) is 0 Å². The molecule has 0 fully saturated rings. The molecule has 0 saturated carbocycles. The summed E-state index contributed by atoms with van der Waals surface area (Å²) in [6.45, 7) is 4.29. The first-order valence-corrected chi connectivity index (χ1v) is 6.41. The van der Waals surface area contributed by atoms with E-state index in [1.807, 2.05) is 18.3 Å². The lowest BCUT2D eigenvalue weighted by atomic mass is 10.0. The summed E-state index contributed by atoms with van der Waals surface area (Å²) >= 11 is 0. The van der Waals surface area contributed by atoms with Gasteiger partial charge < -0.3 is 0 Å². The van der Waals surface area contributed by atoms with E-state index in [9.17, 15) is 0 Å². The van der Waals surface area contributed by atoms with E-state index >= 15 is 0 Å². The molecule has 3 aromatic rings. The highest BCUT2D eigenvalue weighted by molar-refractivity contribution is 5.80. The Labute approximate surface area is 112 Å². The maximum absolute atomic E-state index is 4.50. The maximum atomic E-state index is 4.50. The lowest BCUT2D eigenvalue weighted by molar-refractivity contribution is 0.823. The standard InChI is InChI=1S/C16H15N3/c1-11(2)14-5-4-13(10-19-14)12-3-6-15-16(9-12)18-8-7-17-15/h3-11H,1-2H3. The summed E-state index contributed by atoms with van der Waals surface area (Å²) in [5.74, 6) is 0.455. The van der Waals surface area contributed by atoms with Gasteiger partial charge >= 0.3 is 0 Å². The van der Waals surface area contributed by atoms with Gasteiger partial charge in [0.25, 0.3) is 0 Å². The second kappa shape index (κ2) is 4.76. The van der Waals surface area contributed by atoms with Crippen molar-refractivity contribution in [3.63, 3.8) is 0 Å². The first-order chi connectivity index (χ1) is 9.24. The largest absolute Gasteiger partial charge is 0.260 e. The van der Waals surface area contributed by atoms with Crippen LogP contribution in [0.15, 0.2) is 48.9 Å². The Morgan fingerprint density at radius 2 is 1.53 bits per heavy atom. The van der Waals surface area contributed by atoms with E-state index in [0.29, 0.717) is 5.92 Å². The smallest absolute Gasteiger partial charge is 0.0892 e. The molecule has 1 aromatic carbocycles. The molecule has 0 N–H and O–H groups in total. The summed E-state index contributed by atoms with van der Waals surface area (Å²) < 4.78 is 0. The van der Waals surface area contributed by atoms with E-state index < -0.39 is 0 Å². The fourth-order valence-corrected chi connectivity index (χ4v) is 2.06. The van der Waals surface area contributed by atoms with Crippen LogP contribution in [0.2, 0.25) is 0 Å². The van der Waals surface area contributed by atoms with Crippen molar-refractivity contribution in [1.82, 2.24) is 15.0 Å². The molecule has 0 aliphatic rings. The van der Waals surface area contributed by atoms with Crippen molar-refractivity contribution in [2.45, 2.75) is 19.8 Å². The van der Waals surface area contributed by atoms with E-state index in [2.05, 4.69) is 47.0 Å². The van der Waals surface area contributed by atoms with E-state index in [4.69, 9.17) is 0 Å². The number of benzene rings is 1. The van der Waals surface area contributed by atoms with Gasteiger partial charge in [0.1, 0.15) is 0 Å². The van der Waals surface area contributed by atoms with Crippen LogP contribution in [-0.4, -0.2) is 15.0 Å². The molecule has 2 heterocycles. The predicted molar refractivity (Wildman–Crippen MR) is 76.9 cm³/mol. The molecule has 94 valence electrons. The lowest BCUT2D eigenvalue weighted by Gasteiger charge is -2.06. The Morgan fingerprint density at radius 1 is 0.789 bits per heavy atom. The van der Waals surface area contributed by atoms with Crippen molar-refractivity contribution < 1.29 is 0 Å². The summed E-state index contributed by atoms with van der Waals surface area (Å²) in [6, 6.07) is 10.3. The number of fused-ring (bicyclic) bond motifs is 1. The zero-order chi connectivity index (χ0) is 13.2. The van der Waals surface area contributed by atoms with Crippen LogP contribution < -0.4 is 0 Å². The Kier molecular flexibility index (Phi) is 2.95. The second-order valence-corrected chi connectivity index (χ2v) is 4.89. The molecule has 0 aliphatic heterocycles. The fraction of sp³-hybridized carbons (Fsp3) is 0.188. The van der Waals surface area contributed by atoms with Crippen molar-refractivity contribution >= 4 is 11.0 Å². The van der Waals surface area contributed by atoms with Crippen LogP contribution in [0.4, 0.5) is 0 Å². The molecular formula is C16H15N3. The molecule has 3 nitrogen and oxygen atoms in total. The third kappa shape index (κ3) is 2.32. The number of hydrogen-bond acceptors (Lipinski definition) is 3. The first kappa shape index (κ1) is 11.8. The van der Waals surface area contributed by atoms with Gasteiger partial charge in [-0.3, -0.25) is 15.0 Å². The van der Waals surface area contributed by atoms with Crippen LogP contribution in [0.1, 0.15) is 25.5 Å². The van der Waals surface area contributed by atoms with Crippen LogP contribution in [-0.2, 0) is 0 Å². The molecule has 0 spiro atoms. The van der Waals surface area contributed by atoms with Gasteiger partial charge in [-0.2, -0.15) is 0 Å². The third-order valence-electron chi connectivity index (χ3n) is 3.18. The summed E-state index contributed by atoms with van der Waals surface area (Å²) in [6.07, 6.45) is 5.35. The Bertz CT molecular complexity index is 703. The van der Waals surface area contributed by atoms with Crippen LogP contribution in [0.3, 0.4) is 0 Å². The highest BCUT2D eigenvalue weighted by Gasteiger charge is 2.04. The zero-order valence-electron chi connectivity index (χ0n) is 11.0. The topological polar surface area (TPSA) is 38.7 Å². The summed E-state index contributed by atoms with van der Waals surface area (Å²) in [7, 11) is 0. The highest BCUT2D eigenvalue weighted by Crippen LogP contribution is 2.23. The molecule has 0 unspecified atom stereocenters. The number of rotatable bonds is 2. The van der Waals surface area contributed by atoms with Gasteiger partial charge in [-0.15, -0.1) is 0 Å². The molecule has 0 radical (unpaired) electrons. The second-order valence-electron chi connectivity index (χ2n) is 4.89. The van der Waals surface area contributed by atoms with Gasteiger partial charge in [0.2, 0.25) is 0 Å². The van der Waals surface area contributed by atoms with Gasteiger partial charge in [0.05, 0.1) is 11.0 Å². The lowest BCUT2D eigenvalue weighted by Crippen LogP contribution is -1.92. The maximum Gasteiger partial charge on any atom is 0.0892 e. The number of aromatic nitrogens is 3. The molecule has 2 aromatic heterocycles. The van der Waals surface area contributed by atoms with Crippen molar-refractivity contribution in [2.24, 2.45) is 0 Å². The summed E-state index contributed by atoms with van der Waals surface area (Å²) in [4.78, 5) is 13.1. The molecule has 0 aliphatic carbocycles. The average molecular weight is 249 g/mol. The first-order valence-electron chi connectivity index (χ1n) is 6.41. The van der Waals surface area contributed by atoms with E-state index in [1.54, 1.807) is 12.4 Å². The number of nitrogens with zero attached hydrogens (tertiary/aromatic N) is 3. The third-order valence-corrected chi connectivity index (χ3v) is 3.18. The molecular weight excluding hydrogens is 234 g/mol. The van der Waals surface area contributed by atoms with Crippen molar-refractivity contribution in [2.75, 3.05) is 0 Å². The highest BCUT2D eigenvalue weighted by atomic mass is 14.8. The Morgan fingerprint density at radius 3 is 2.21 bits per heavy atom. The molecule has 0 atom stereocenters. The Hall–Kier alpha value is -2.29. The minimum Gasteiger partial charge on any atom is -0.260 e. The van der Waals surface area contributed by atoms with Gasteiger partial charge in [-0.25, -0.2) is 0 Å². The normalized spacial score (nSPS) is 11.1. The van der Waals surface area contributed by atoms with Crippen LogP contribution in [0.25, 0.3) is 22.2 Å². The van der Waals surface area contributed by atoms with Crippen molar-refractivity contribution in [3.05, 3.63) is 54.6 Å². The Balaban J connectivity index is 2.03. The van der Waals surface area contributed by atoms with Gasteiger partial charge in [0.15, 0.2) is 0 Å². The SMILES string of the molecule is CC(C)c1ccc(-c2ccc3nccnc3c2)cn1. The van der Waals surface area contributed by atoms with Gasteiger partial charge in [0, 0.05) is 29.8 Å². The van der Waals surface area contributed by atoms with Crippen LogP contribution in [0, 0.1) is 0 Å². The number of pyridine rings is 1. The average Bonchev–Trinajstić information content (AvgIpc) is 2.47. The minimum atomic E-state index is 0.455. The predicted octanol–water partition coefficient (Wildman–Crippen LogP) is 3.82. The van der Waals surface area contributed by atoms with E-state index in [0.717, 1.165) is 27.9 Å². The molecule has 0 amide bonds. The van der Waals surface area contributed by atoms with Crippen LogP contribution >= 0.6 is 0 Å². The molecule has 0 bridgehead atoms. The summed E-state index contributed by atoms with van der Waals surface area (Å²) in [5.41, 5.74) is 5.17. The quantitative estimate of drug-likeness (QED) is 0.693. The monoisotopic (exact) mass is 249 g/mol. The molecule has 0 saturated heterocycles. The van der Waals surface area contributed by atoms with Gasteiger partial charge in [-0.1, -0.05) is 26.0 Å². The molecule has 3 rings (SSSR count). The molecule has 3 heteroatoms. The minimum absolute atomic E-state index is 0.455. The van der Waals surface area contributed by atoms with Crippen molar-refractivity contribution in [3.8, 4) is 11.1 Å². The van der Waals surface area contributed by atoms with Gasteiger partial charge in [-0.05, 0) is 29.7 Å². The van der Waals surface area contributed by atoms with E-state index in [1.165, 1.54) is 0 Å². The molecule has 19 heavy (non-hydrogen) atoms. The van der Waals surface area contributed by atoms with E-state index in [-0.39, 0.29) is 0 Å². The number of hydrogen-bond donors (Lipinski definition) is 0.